The largest absolute Gasteiger partial charge is 0.384 e. The van der Waals surface area contributed by atoms with Gasteiger partial charge < -0.3 is 16.0 Å². The number of nitrogens with zero attached hydrogens (tertiary/aromatic N) is 3. The maximum Gasteiger partial charge on any atom is 0.325 e. The number of aromatic nitrogens is 1. The zero-order valence-electron chi connectivity index (χ0n) is 20.8. The zero-order chi connectivity index (χ0) is 25.8. The predicted molar refractivity (Wildman–Crippen MR) is 135 cm³/mol. The lowest BCUT2D eigenvalue weighted by molar-refractivity contribution is -0.156. The molecule has 0 unspecified atom stereocenters. The summed E-state index contributed by atoms with van der Waals surface area (Å²) in [5, 5.41) is 3.03. The number of nitrogens with two attached hydrogens (primary N) is 1. The van der Waals surface area contributed by atoms with E-state index in [1.807, 2.05) is 13.0 Å². The Hall–Kier alpha value is -3.49. The van der Waals surface area contributed by atoms with Gasteiger partial charge in [0, 0.05) is 18.8 Å². The number of amides is 4. The van der Waals surface area contributed by atoms with Crippen LogP contribution in [-0.4, -0.2) is 46.9 Å². The number of β-lactam (4-membered cyclic amide) rings is 1. The molecule has 2 fully saturated rings. The number of urea groups is 1. The molecule has 8 nitrogen and oxygen atoms in total. The van der Waals surface area contributed by atoms with Crippen LogP contribution in [0.3, 0.4) is 0 Å². The van der Waals surface area contributed by atoms with Crippen molar-refractivity contribution in [3.8, 4) is 0 Å². The Balaban J connectivity index is 1.58. The molecule has 3 atom stereocenters. The molecule has 1 aromatic carbocycles. The van der Waals surface area contributed by atoms with Crippen molar-refractivity contribution in [3.05, 3.63) is 54.0 Å². The van der Waals surface area contributed by atoms with Crippen LogP contribution in [0.4, 0.5) is 20.7 Å². The Labute approximate surface area is 211 Å². The van der Waals surface area contributed by atoms with Crippen molar-refractivity contribution >= 4 is 29.4 Å². The summed E-state index contributed by atoms with van der Waals surface area (Å²) >= 11 is 0. The zero-order valence-corrected chi connectivity index (χ0v) is 20.8. The van der Waals surface area contributed by atoms with Gasteiger partial charge in [0.2, 0.25) is 5.91 Å². The van der Waals surface area contributed by atoms with Gasteiger partial charge in [0.1, 0.15) is 17.7 Å². The summed E-state index contributed by atoms with van der Waals surface area (Å²) < 4.78 is 14.4. The number of carbonyl (C=O) groups is 3. The minimum absolute atomic E-state index is 0.0555. The van der Waals surface area contributed by atoms with Crippen molar-refractivity contribution < 1.29 is 18.8 Å². The van der Waals surface area contributed by atoms with Gasteiger partial charge in [-0.15, -0.1) is 0 Å². The number of nitrogen functional groups attached to an aromatic ring is 1. The Kier molecular flexibility index (Phi) is 7.86. The Morgan fingerprint density at radius 2 is 1.92 bits per heavy atom. The van der Waals surface area contributed by atoms with Crippen molar-refractivity contribution in [2.24, 2.45) is 11.8 Å². The van der Waals surface area contributed by atoms with Crippen LogP contribution < -0.4 is 16.0 Å². The SMILES string of the molecule is CC[C@@H](NC(=O)N1C(=O)[C@H](Cc2cc(N)ncc2F)[C@H]1C(=O)N(C)c1ccccc1)C1CCCCC1. The molecule has 0 radical (unpaired) electrons. The number of pyridine rings is 1. The van der Waals surface area contributed by atoms with Gasteiger partial charge in [-0.2, -0.15) is 0 Å². The number of anilines is 2. The van der Waals surface area contributed by atoms with Crippen LogP contribution in [0.25, 0.3) is 0 Å². The normalized spacial score (nSPS) is 21.0. The first-order chi connectivity index (χ1) is 17.3. The van der Waals surface area contributed by atoms with Crippen molar-refractivity contribution in [2.45, 2.75) is 64.0 Å². The van der Waals surface area contributed by atoms with Gasteiger partial charge in [-0.1, -0.05) is 44.4 Å². The first-order valence-corrected chi connectivity index (χ1v) is 12.7. The molecule has 4 rings (SSSR count). The molecule has 3 N–H and O–H groups in total. The maximum atomic E-state index is 14.4. The van der Waals surface area contributed by atoms with Gasteiger partial charge >= 0.3 is 6.03 Å². The average molecular weight is 496 g/mol. The summed E-state index contributed by atoms with van der Waals surface area (Å²) in [6.45, 7) is 2.02. The van der Waals surface area contributed by atoms with E-state index >= 15 is 0 Å². The number of para-hydroxylation sites is 1. The summed E-state index contributed by atoms with van der Waals surface area (Å²) in [4.78, 5) is 46.4. The van der Waals surface area contributed by atoms with Gasteiger partial charge in [0.25, 0.3) is 5.91 Å². The number of hydrogen-bond donors (Lipinski definition) is 2. The summed E-state index contributed by atoms with van der Waals surface area (Å²) in [5.74, 6) is -1.92. The molecule has 4 amide bonds. The lowest BCUT2D eigenvalue weighted by atomic mass is 9.81. The lowest BCUT2D eigenvalue weighted by Gasteiger charge is -2.46. The minimum Gasteiger partial charge on any atom is -0.384 e. The third kappa shape index (κ3) is 5.20. The molecule has 192 valence electrons. The molecule has 1 aliphatic carbocycles. The van der Waals surface area contributed by atoms with E-state index in [1.54, 1.807) is 31.3 Å². The second-order valence-electron chi connectivity index (χ2n) is 9.76. The molecule has 1 saturated heterocycles. The Morgan fingerprint density at radius 1 is 1.22 bits per heavy atom. The highest BCUT2D eigenvalue weighted by molar-refractivity contribution is 6.12. The first-order valence-electron chi connectivity index (χ1n) is 12.7. The van der Waals surface area contributed by atoms with Gasteiger partial charge in [-0.05, 0) is 55.4 Å². The molecule has 9 heteroatoms. The van der Waals surface area contributed by atoms with E-state index in [9.17, 15) is 18.8 Å². The van der Waals surface area contributed by atoms with Crippen LogP contribution in [0.5, 0.6) is 0 Å². The van der Waals surface area contributed by atoms with Gasteiger partial charge in [0.15, 0.2) is 0 Å². The van der Waals surface area contributed by atoms with Crippen molar-refractivity contribution in [1.82, 2.24) is 15.2 Å². The number of imide groups is 1. The molecule has 0 bridgehead atoms. The topological polar surface area (TPSA) is 109 Å². The highest BCUT2D eigenvalue weighted by Crippen LogP contribution is 2.34. The molecule has 0 spiro atoms. The third-order valence-corrected chi connectivity index (χ3v) is 7.52. The third-order valence-electron chi connectivity index (χ3n) is 7.52. The average Bonchev–Trinajstić information content (AvgIpc) is 2.90. The second kappa shape index (κ2) is 11.1. The van der Waals surface area contributed by atoms with Crippen LogP contribution in [0, 0.1) is 17.7 Å². The summed E-state index contributed by atoms with van der Waals surface area (Å²) in [6.07, 6.45) is 7.23. The molecule has 1 saturated carbocycles. The number of likely N-dealkylation sites (N-methyl/N-ethyl adjacent to an activating group) is 1. The highest BCUT2D eigenvalue weighted by Gasteiger charge is 2.55. The highest BCUT2D eigenvalue weighted by atomic mass is 19.1. The van der Waals surface area contributed by atoms with Crippen molar-refractivity contribution in [3.63, 3.8) is 0 Å². The fourth-order valence-electron chi connectivity index (χ4n) is 5.44. The molecule has 1 aliphatic heterocycles. The second-order valence-corrected chi connectivity index (χ2v) is 9.76. The van der Waals surface area contributed by atoms with E-state index in [0.717, 1.165) is 43.2 Å². The van der Waals surface area contributed by atoms with E-state index < -0.39 is 35.6 Å². The number of benzene rings is 1. The number of carbonyl (C=O) groups excluding carboxylic acids is 3. The van der Waals surface area contributed by atoms with Crippen LogP contribution >= 0.6 is 0 Å². The maximum absolute atomic E-state index is 14.4. The smallest absolute Gasteiger partial charge is 0.325 e. The first kappa shape index (κ1) is 25.6. The van der Waals surface area contributed by atoms with Crippen LogP contribution in [0.15, 0.2) is 42.6 Å². The number of halogens is 1. The van der Waals surface area contributed by atoms with E-state index in [4.69, 9.17) is 5.73 Å². The number of hydrogen-bond acceptors (Lipinski definition) is 5. The molecule has 2 heterocycles. The number of likely N-dealkylation sites (tertiary alicyclic amines) is 1. The van der Waals surface area contributed by atoms with Crippen LogP contribution in [0.2, 0.25) is 0 Å². The summed E-state index contributed by atoms with van der Waals surface area (Å²) in [6, 6.07) is 8.67. The van der Waals surface area contributed by atoms with Crippen LogP contribution in [0.1, 0.15) is 51.0 Å². The molecule has 2 aliphatic rings. The molecule has 36 heavy (non-hydrogen) atoms. The fraction of sp³-hybridized carbons (Fsp3) is 0.481. The standard InChI is InChI=1S/C27H34FN5O3/c1-3-22(17-10-6-4-7-11-17)31-27(36)33-24(26(35)32(2)19-12-8-5-9-13-19)20(25(33)34)14-18-15-23(29)30-16-21(18)28/h5,8-9,12-13,15-17,20,22,24H,3-4,6-7,10-11,14H2,1-2H3,(H2,29,30)(H,31,36)/t20-,22-,24+/m1/s1. The number of rotatable bonds is 7. The van der Waals surface area contributed by atoms with E-state index in [2.05, 4.69) is 10.3 Å². The summed E-state index contributed by atoms with van der Waals surface area (Å²) in [7, 11) is 1.61. The molecule has 1 aromatic heterocycles. The molecular formula is C27H34FN5O3. The molecule has 2 aromatic rings. The van der Waals surface area contributed by atoms with Gasteiger partial charge in [0.05, 0.1) is 12.1 Å². The lowest BCUT2D eigenvalue weighted by Crippen LogP contribution is -2.71. The van der Waals surface area contributed by atoms with E-state index in [0.29, 0.717) is 11.6 Å². The number of nitrogens with one attached hydrogen (secondary N) is 1. The Bertz CT molecular complexity index is 1110. The monoisotopic (exact) mass is 495 g/mol. The summed E-state index contributed by atoms with van der Waals surface area (Å²) in [5.41, 5.74) is 6.54. The van der Waals surface area contributed by atoms with Gasteiger partial charge in [-0.3, -0.25) is 14.5 Å². The van der Waals surface area contributed by atoms with Gasteiger partial charge in [-0.25, -0.2) is 14.2 Å². The van der Waals surface area contributed by atoms with E-state index in [-0.39, 0.29) is 23.8 Å². The quantitative estimate of drug-likeness (QED) is 0.567. The van der Waals surface area contributed by atoms with E-state index in [1.165, 1.54) is 17.4 Å². The van der Waals surface area contributed by atoms with Crippen LogP contribution in [-0.2, 0) is 16.0 Å². The Morgan fingerprint density at radius 3 is 2.58 bits per heavy atom. The predicted octanol–water partition coefficient (Wildman–Crippen LogP) is 3.90. The fourth-order valence-corrected chi connectivity index (χ4v) is 5.44. The molecular weight excluding hydrogens is 461 g/mol. The minimum atomic E-state index is -1.06. The van der Waals surface area contributed by atoms with Crippen molar-refractivity contribution in [1.29, 1.82) is 0 Å². The van der Waals surface area contributed by atoms with Crippen molar-refractivity contribution in [2.75, 3.05) is 17.7 Å².